The van der Waals surface area contributed by atoms with E-state index in [1.807, 2.05) is 0 Å². The van der Waals surface area contributed by atoms with E-state index in [-0.39, 0.29) is 29.0 Å². The number of nitrogens with zero attached hydrogens (tertiary/aromatic N) is 3. The molecular formula is C17H17FN4O4S. The minimum Gasteiger partial charge on any atom is -0.497 e. The van der Waals surface area contributed by atoms with Gasteiger partial charge in [-0.25, -0.2) is 22.2 Å². The molecular weight excluding hydrogens is 375 g/mol. The monoisotopic (exact) mass is 392 g/mol. The van der Waals surface area contributed by atoms with Gasteiger partial charge in [0.2, 0.25) is 0 Å². The summed E-state index contributed by atoms with van der Waals surface area (Å²) in [5, 5.41) is 4.03. The molecule has 0 bridgehead atoms. The van der Waals surface area contributed by atoms with Crippen molar-refractivity contribution in [1.82, 2.24) is 14.8 Å². The van der Waals surface area contributed by atoms with Crippen molar-refractivity contribution in [2.75, 3.05) is 18.9 Å². The summed E-state index contributed by atoms with van der Waals surface area (Å²) in [6, 6.07) is 10.6. The Labute approximate surface area is 155 Å². The van der Waals surface area contributed by atoms with Crippen LogP contribution in [0.3, 0.4) is 0 Å². The van der Waals surface area contributed by atoms with Crippen LogP contribution in [0, 0.1) is 5.82 Å². The van der Waals surface area contributed by atoms with E-state index in [4.69, 9.17) is 9.47 Å². The first-order valence-corrected chi connectivity index (χ1v) is 9.29. The van der Waals surface area contributed by atoms with E-state index < -0.39 is 10.0 Å². The molecule has 0 saturated carbocycles. The van der Waals surface area contributed by atoms with Gasteiger partial charge in [0.15, 0.2) is 0 Å². The maximum absolute atomic E-state index is 13.7. The highest BCUT2D eigenvalue weighted by molar-refractivity contribution is 7.92. The van der Waals surface area contributed by atoms with Crippen LogP contribution < -0.4 is 14.2 Å². The van der Waals surface area contributed by atoms with E-state index in [1.165, 1.54) is 49.5 Å². The molecule has 1 heterocycles. The lowest BCUT2D eigenvalue weighted by Gasteiger charge is -2.11. The Bertz CT molecular complexity index is 1050. The maximum Gasteiger partial charge on any atom is 0.267 e. The number of hydrogen-bond donors (Lipinski definition) is 1. The van der Waals surface area contributed by atoms with Crippen LogP contribution in [-0.2, 0) is 16.6 Å². The maximum atomic E-state index is 13.7. The molecule has 142 valence electrons. The Morgan fingerprint density at radius 2 is 1.93 bits per heavy atom. The summed E-state index contributed by atoms with van der Waals surface area (Å²) in [5.74, 6) is 0.0630. The summed E-state index contributed by atoms with van der Waals surface area (Å²) in [6.45, 7) is 0.118. The van der Waals surface area contributed by atoms with Crippen molar-refractivity contribution in [3.8, 4) is 11.5 Å². The number of sulfonamides is 1. The summed E-state index contributed by atoms with van der Waals surface area (Å²) in [5.41, 5.74) is 0.411. The predicted octanol–water partition coefficient (Wildman–Crippen LogP) is 2.28. The van der Waals surface area contributed by atoms with E-state index in [9.17, 15) is 12.8 Å². The molecule has 0 saturated heterocycles. The highest BCUT2D eigenvalue weighted by atomic mass is 32.2. The Morgan fingerprint density at radius 1 is 1.15 bits per heavy atom. The molecule has 0 amide bonds. The van der Waals surface area contributed by atoms with Gasteiger partial charge >= 0.3 is 0 Å². The molecule has 3 aromatic rings. The molecule has 27 heavy (non-hydrogen) atoms. The average Bonchev–Trinajstić information content (AvgIpc) is 3.09. The molecule has 0 atom stereocenters. The van der Waals surface area contributed by atoms with Crippen molar-refractivity contribution in [1.29, 1.82) is 0 Å². The molecule has 1 N–H and O–H groups in total. The fourth-order valence-corrected chi connectivity index (χ4v) is 3.49. The smallest absolute Gasteiger partial charge is 0.267 e. The second-order valence-electron chi connectivity index (χ2n) is 5.48. The van der Waals surface area contributed by atoms with Crippen LogP contribution in [0.5, 0.6) is 11.5 Å². The lowest BCUT2D eigenvalue weighted by atomic mass is 10.2. The second-order valence-corrected chi connectivity index (χ2v) is 7.13. The van der Waals surface area contributed by atoms with Crippen LogP contribution in [-0.4, -0.2) is 37.4 Å². The summed E-state index contributed by atoms with van der Waals surface area (Å²) in [6.07, 6.45) is 1.32. The van der Waals surface area contributed by atoms with E-state index in [1.54, 1.807) is 18.2 Å². The molecule has 0 radical (unpaired) electrons. The second kappa shape index (κ2) is 7.62. The number of benzene rings is 2. The molecule has 1 aromatic heterocycles. The minimum absolute atomic E-state index is 0.0868. The van der Waals surface area contributed by atoms with Crippen LogP contribution in [0.1, 0.15) is 5.56 Å². The van der Waals surface area contributed by atoms with E-state index in [2.05, 4.69) is 14.8 Å². The molecule has 10 heteroatoms. The number of anilines is 1. The number of rotatable bonds is 7. The third-order valence-electron chi connectivity index (χ3n) is 3.71. The van der Waals surface area contributed by atoms with Crippen molar-refractivity contribution in [3.63, 3.8) is 0 Å². The number of halogens is 1. The van der Waals surface area contributed by atoms with Gasteiger partial charge in [0.1, 0.15) is 28.5 Å². The Hall–Kier alpha value is -3.14. The molecule has 0 unspecified atom stereocenters. The third-order valence-corrected chi connectivity index (χ3v) is 5.08. The molecule has 0 spiro atoms. The highest BCUT2D eigenvalue weighted by Crippen LogP contribution is 2.29. The number of methoxy groups -OCH3 is 2. The quantitative estimate of drug-likeness (QED) is 0.663. The summed E-state index contributed by atoms with van der Waals surface area (Å²) < 4.78 is 52.8. The number of nitrogens with one attached hydrogen (secondary N) is 1. The summed E-state index contributed by atoms with van der Waals surface area (Å²) in [7, 11) is -1.17. The van der Waals surface area contributed by atoms with Crippen LogP contribution in [0.25, 0.3) is 0 Å². The fraction of sp³-hybridized carbons (Fsp3) is 0.176. The van der Waals surface area contributed by atoms with E-state index >= 15 is 0 Å². The zero-order valence-corrected chi connectivity index (χ0v) is 15.4. The normalized spacial score (nSPS) is 11.2. The van der Waals surface area contributed by atoms with Crippen molar-refractivity contribution >= 4 is 16.0 Å². The van der Waals surface area contributed by atoms with Crippen molar-refractivity contribution in [3.05, 3.63) is 60.2 Å². The van der Waals surface area contributed by atoms with Gasteiger partial charge in [-0.15, -0.1) is 5.10 Å². The summed E-state index contributed by atoms with van der Waals surface area (Å²) in [4.78, 5) is 3.83. The molecule has 8 nitrogen and oxygen atoms in total. The van der Waals surface area contributed by atoms with Gasteiger partial charge in [0.25, 0.3) is 16.0 Å². The third kappa shape index (κ3) is 4.17. The van der Waals surface area contributed by atoms with E-state index in [0.29, 0.717) is 11.3 Å². The molecule has 3 rings (SSSR count). The van der Waals surface area contributed by atoms with Crippen LogP contribution >= 0.6 is 0 Å². The molecule has 0 aliphatic heterocycles. The topological polar surface area (TPSA) is 95.3 Å². The lowest BCUT2D eigenvalue weighted by molar-refractivity contribution is 0.386. The van der Waals surface area contributed by atoms with Gasteiger partial charge in [-0.1, -0.05) is 18.2 Å². The molecule has 0 aliphatic rings. The molecule has 2 aromatic carbocycles. The van der Waals surface area contributed by atoms with Gasteiger partial charge in [-0.3, -0.25) is 0 Å². The minimum atomic E-state index is -3.99. The number of aromatic nitrogens is 3. The van der Waals surface area contributed by atoms with Gasteiger partial charge in [-0.05, 0) is 18.2 Å². The van der Waals surface area contributed by atoms with E-state index in [0.717, 1.165) is 0 Å². The number of ether oxygens (including phenoxy) is 2. The van der Waals surface area contributed by atoms with Crippen LogP contribution in [0.4, 0.5) is 10.3 Å². The molecule has 0 aliphatic carbocycles. The van der Waals surface area contributed by atoms with Gasteiger partial charge in [0, 0.05) is 11.6 Å². The van der Waals surface area contributed by atoms with Crippen molar-refractivity contribution in [2.24, 2.45) is 0 Å². The van der Waals surface area contributed by atoms with Gasteiger partial charge in [-0.2, -0.15) is 4.98 Å². The number of hydrogen-bond acceptors (Lipinski definition) is 6. The van der Waals surface area contributed by atoms with Crippen LogP contribution in [0.2, 0.25) is 0 Å². The zero-order valence-electron chi connectivity index (χ0n) is 14.6. The lowest BCUT2D eigenvalue weighted by Crippen LogP contribution is -2.15. The van der Waals surface area contributed by atoms with Crippen molar-refractivity contribution in [2.45, 2.75) is 11.4 Å². The first-order valence-electron chi connectivity index (χ1n) is 7.80. The Balaban J connectivity index is 1.81. The standard InChI is InChI=1S/C17H17FN4O4S/c1-25-13-7-8-16(15(9-13)26-2)27(23,24)21-17-19-11-22(20-17)10-12-5-3-4-6-14(12)18/h3-9,11H,10H2,1-2H3,(H,20,21). The first-order chi connectivity index (χ1) is 12.9. The largest absolute Gasteiger partial charge is 0.497 e. The predicted molar refractivity (Wildman–Crippen MR) is 95.9 cm³/mol. The van der Waals surface area contributed by atoms with Gasteiger partial charge in [0.05, 0.1) is 20.8 Å². The van der Waals surface area contributed by atoms with Gasteiger partial charge < -0.3 is 9.47 Å². The Kier molecular flexibility index (Phi) is 5.26. The van der Waals surface area contributed by atoms with Crippen molar-refractivity contribution < 1.29 is 22.3 Å². The van der Waals surface area contributed by atoms with Crippen LogP contribution in [0.15, 0.2) is 53.7 Å². The highest BCUT2D eigenvalue weighted by Gasteiger charge is 2.22. The fourth-order valence-electron chi connectivity index (χ4n) is 2.39. The average molecular weight is 392 g/mol. The first kappa shape index (κ1) is 18.6. The zero-order chi connectivity index (χ0) is 19.4. The molecule has 0 fully saturated rings. The Morgan fingerprint density at radius 3 is 2.63 bits per heavy atom. The summed E-state index contributed by atoms with van der Waals surface area (Å²) >= 11 is 0. The SMILES string of the molecule is COc1ccc(S(=O)(=O)Nc2ncn(Cc3ccccc3F)n2)c(OC)c1.